The number of aromatic amines is 1. The van der Waals surface area contributed by atoms with E-state index in [0.717, 1.165) is 25.3 Å². The summed E-state index contributed by atoms with van der Waals surface area (Å²) in [5, 5.41) is 0. The number of imidazole rings is 1. The molecule has 0 aliphatic heterocycles. The Kier molecular flexibility index (Phi) is 3.17. The molecule has 1 fully saturated rings. The van der Waals surface area contributed by atoms with Crippen LogP contribution in [-0.2, 0) is 0 Å². The van der Waals surface area contributed by atoms with Gasteiger partial charge < -0.3 is 9.55 Å². The van der Waals surface area contributed by atoms with Crippen LogP contribution < -0.4 is 0 Å². The third-order valence-corrected chi connectivity index (χ3v) is 4.32. The topological polar surface area (TPSA) is 20.7 Å². The number of nitrogens with zero attached hydrogens (tertiary/aromatic N) is 1. The molecule has 2 nitrogen and oxygen atoms in total. The van der Waals surface area contributed by atoms with Gasteiger partial charge in [-0.1, -0.05) is 19.8 Å². The van der Waals surface area contributed by atoms with Gasteiger partial charge in [0.25, 0.3) is 0 Å². The van der Waals surface area contributed by atoms with Crippen LogP contribution in [-0.4, -0.2) is 9.55 Å². The number of rotatable bonds is 1. The van der Waals surface area contributed by atoms with Gasteiger partial charge in [0, 0.05) is 12.1 Å². The standard InChI is InChI=1S/C14H16F2N2S/c1-8-3-2-4-10(5-8)18-12-7-9(15)6-11(16)13(12)17-14(18)19/h6-8,10H,2-5H2,1H3,(H,17,19). The monoisotopic (exact) mass is 282 g/mol. The molecule has 2 aromatic rings. The Labute approximate surface area is 115 Å². The molecule has 2 atom stereocenters. The van der Waals surface area contributed by atoms with Crippen molar-refractivity contribution >= 4 is 23.3 Å². The van der Waals surface area contributed by atoms with E-state index in [1.54, 1.807) is 0 Å². The van der Waals surface area contributed by atoms with Crippen molar-refractivity contribution in [1.82, 2.24) is 9.55 Å². The predicted molar refractivity (Wildman–Crippen MR) is 73.7 cm³/mol. The summed E-state index contributed by atoms with van der Waals surface area (Å²) >= 11 is 5.29. The first-order valence-corrected chi connectivity index (χ1v) is 7.06. The third-order valence-electron chi connectivity index (χ3n) is 4.02. The van der Waals surface area contributed by atoms with Gasteiger partial charge in [-0.2, -0.15) is 0 Å². The number of H-pyrrole nitrogens is 1. The fraction of sp³-hybridized carbons (Fsp3) is 0.500. The van der Waals surface area contributed by atoms with E-state index in [9.17, 15) is 8.78 Å². The first-order chi connectivity index (χ1) is 9.06. The molecule has 19 heavy (non-hydrogen) atoms. The molecule has 3 rings (SSSR count). The number of aromatic nitrogens is 2. The number of benzene rings is 1. The molecule has 0 saturated heterocycles. The highest BCUT2D eigenvalue weighted by Crippen LogP contribution is 2.35. The molecule has 102 valence electrons. The van der Waals surface area contributed by atoms with Crippen molar-refractivity contribution in [3.63, 3.8) is 0 Å². The second-order valence-electron chi connectivity index (χ2n) is 5.51. The van der Waals surface area contributed by atoms with Crippen molar-refractivity contribution in [1.29, 1.82) is 0 Å². The molecule has 2 unspecified atom stereocenters. The molecule has 1 N–H and O–H groups in total. The summed E-state index contributed by atoms with van der Waals surface area (Å²) in [5.41, 5.74) is 0.853. The molecule has 1 aliphatic carbocycles. The summed E-state index contributed by atoms with van der Waals surface area (Å²) < 4.78 is 29.6. The lowest BCUT2D eigenvalue weighted by atomic mass is 9.87. The number of hydrogen-bond acceptors (Lipinski definition) is 1. The van der Waals surface area contributed by atoms with E-state index < -0.39 is 11.6 Å². The lowest BCUT2D eigenvalue weighted by Gasteiger charge is -2.28. The number of nitrogens with one attached hydrogen (secondary N) is 1. The van der Waals surface area contributed by atoms with Crippen LogP contribution >= 0.6 is 12.2 Å². The second-order valence-corrected chi connectivity index (χ2v) is 5.89. The van der Waals surface area contributed by atoms with Crippen LogP contribution in [0.5, 0.6) is 0 Å². The predicted octanol–water partition coefficient (Wildman–Crippen LogP) is 4.73. The molecule has 5 heteroatoms. The Morgan fingerprint density at radius 2 is 2.11 bits per heavy atom. The van der Waals surface area contributed by atoms with E-state index in [1.165, 1.54) is 12.5 Å². The molecule has 1 saturated carbocycles. The van der Waals surface area contributed by atoms with Crippen LogP contribution in [0.25, 0.3) is 11.0 Å². The van der Waals surface area contributed by atoms with E-state index in [1.807, 2.05) is 4.57 Å². The average Bonchev–Trinajstić information content (AvgIpc) is 2.66. The summed E-state index contributed by atoms with van der Waals surface area (Å²) in [5.74, 6) is -0.510. The van der Waals surface area contributed by atoms with Gasteiger partial charge >= 0.3 is 0 Å². The zero-order valence-electron chi connectivity index (χ0n) is 10.7. The molecular weight excluding hydrogens is 266 g/mol. The molecule has 1 heterocycles. The summed E-state index contributed by atoms with van der Waals surface area (Å²) in [7, 11) is 0. The Bertz CT molecular complexity index is 674. The van der Waals surface area contributed by atoms with Gasteiger partial charge in [0.15, 0.2) is 10.6 Å². The highest BCUT2D eigenvalue weighted by molar-refractivity contribution is 7.71. The SMILES string of the molecule is CC1CCCC(n2c(=S)[nH]c3c(F)cc(F)cc32)C1. The van der Waals surface area contributed by atoms with Gasteiger partial charge in [-0.3, -0.25) is 0 Å². The Hall–Kier alpha value is -1.23. The second kappa shape index (κ2) is 4.71. The van der Waals surface area contributed by atoms with Crippen molar-refractivity contribution in [2.45, 2.75) is 38.6 Å². The Morgan fingerprint density at radius 3 is 2.84 bits per heavy atom. The minimum absolute atomic E-state index is 0.242. The lowest BCUT2D eigenvalue weighted by molar-refractivity contribution is 0.285. The summed E-state index contributed by atoms with van der Waals surface area (Å²) in [6, 6.07) is 2.50. The van der Waals surface area contributed by atoms with Crippen LogP contribution in [0, 0.1) is 22.3 Å². The fourth-order valence-corrected chi connectivity index (χ4v) is 3.50. The first kappa shape index (κ1) is 12.8. The Balaban J connectivity index is 2.17. The number of fused-ring (bicyclic) bond motifs is 1. The van der Waals surface area contributed by atoms with Crippen molar-refractivity contribution in [3.05, 3.63) is 28.5 Å². The quantitative estimate of drug-likeness (QED) is 0.750. The van der Waals surface area contributed by atoms with E-state index >= 15 is 0 Å². The van der Waals surface area contributed by atoms with Crippen molar-refractivity contribution < 1.29 is 8.78 Å². The van der Waals surface area contributed by atoms with E-state index in [-0.39, 0.29) is 6.04 Å². The highest BCUT2D eigenvalue weighted by Gasteiger charge is 2.23. The zero-order valence-corrected chi connectivity index (χ0v) is 11.6. The highest BCUT2D eigenvalue weighted by atomic mass is 32.1. The third kappa shape index (κ3) is 2.20. The number of halogens is 2. The zero-order chi connectivity index (χ0) is 13.6. The molecule has 0 radical (unpaired) electrons. The molecule has 1 aliphatic rings. The van der Waals surface area contributed by atoms with E-state index in [2.05, 4.69) is 11.9 Å². The number of hydrogen-bond donors (Lipinski definition) is 1. The maximum absolute atomic E-state index is 13.8. The van der Waals surface area contributed by atoms with Crippen molar-refractivity contribution in [2.75, 3.05) is 0 Å². The van der Waals surface area contributed by atoms with Crippen LogP contribution in [0.15, 0.2) is 12.1 Å². The maximum atomic E-state index is 13.8. The van der Waals surface area contributed by atoms with Gasteiger partial charge in [0.05, 0.1) is 5.52 Å². The van der Waals surface area contributed by atoms with Crippen LogP contribution in [0.4, 0.5) is 8.78 Å². The maximum Gasteiger partial charge on any atom is 0.178 e. The first-order valence-electron chi connectivity index (χ1n) is 6.65. The van der Waals surface area contributed by atoms with Gasteiger partial charge in [-0.05, 0) is 37.0 Å². The molecule has 0 bridgehead atoms. The summed E-state index contributed by atoms with van der Waals surface area (Å²) in [6.07, 6.45) is 4.39. The molecule has 0 spiro atoms. The molecule has 0 amide bonds. The largest absolute Gasteiger partial charge is 0.328 e. The van der Waals surface area contributed by atoms with Crippen LogP contribution in [0.3, 0.4) is 0 Å². The molecule has 1 aromatic heterocycles. The van der Waals surface area contributed by atoms with Crippen molar-refractivity contribution in [3.8, 4) is 0 Å². The van der Waals surface area contributed by atoms with Gasteiger partial charge in [0.1, 0.15) is 11.3 Å². The summed E-state index contributed by atoms with van der Waals surface area (Å²) in [6.45, 7) is 2.21. The van der Waals surface area contributed by atoms with Crippen LogP contribution in [0.2, 0.25) is 0 Å². The van der Waals surface area contributed by atoms with Gasteiger partial charge in [-0.25, -0.2) is 8.78 Å². The van der Waals surface area contributed by atoms with Gasteiger partial charge in [-0.15, -0.1) is 0 Å². The minimum Gasteiger partial charge on any atom is -0.328 e. The van der Waals surface area contributed by atoms with Gasteiger partial charge in [0.2, 0.25) is 0 Å². The van der Waals surface area contributed by atoms with E-state index in [4.69, 9.17) is 12.2 Å². The molecule has 1 aromatic carbocycles. The van der Waals surface area contributed by atoms with Crippen LogP contribution in [0.1, 0.15) is 38.6 Å². The summed E-state index contributed by atoms with van der Waals surface area (Å²) in [4.78, 5) is 2.87. The average molecular weight is 282 g/mol. The van der Waals surface area contributed by atoms with E-state index in [0.29, 0.717) is 21.7 Å². The fourth-order valence-electron chi connectivity index (χ4n) is 3.15. The Morgan fingerprint density at radius 1 is 1.32 bits per heavy atom. The normalized spacial score (nSPS) is 23.9. The minimum atomic E-state index is -0.580. The molecular formula is C14H16F2N2S. The lowest BCUT2D eigenvalue weighted by Crippen LogP contribution is -2.17. The smallest absolute Gasteiger partial charge is 0.178 e. The van der Waals surface area contributed by atoms with Crippen molar-refractivity contribution in [2.24, 2.45) is 5.92 Å².